The molecule has 0 fully saturated rings. The van der Waals surface area contributed by atoms with Gasteiger partial charge in [0, 0.05) is 31.2 Å². The van der Waals surface area contributed by atoms with E-state index in [4.69, 9.17) is 4.74 Å². The second kappa shape index (κ2) is 8.44. The Morgan fingerprint density at radius 3 is 2.57 bits per heavy atom. The Morgan fingerprint density at radius 2 is 2.04 bits per heavy atom. The van der Waals surface area contributed by atoms with Gasteiger partial charge in [-0.05, 0) is 19.1 Å². The van der Waals surface area contributed by atoms with E-state index in [0.717, 1.165) is 24.5 Å². The number of hydrogen-bond donors (Lipinski definition) is 0. The zero-order valence-electron chi connectivity index (χ0n) is 15.2. The number of hydrogen-bond acceptors (Lipinski definition) is 9. The van der Waals surface area contributed by atoms with Crippen LogP contribution in [-0.4, -0.2) is 43.0 Å². The van der Waals surface area contributed by atoms with E-state index in [1.165, 1.54) is 23.2 Å². The highest BCUT2D eigenvalue weighted by Crippen LogP contribution is 2.26. The first-order chi connectivity index (χ1) is 13.0. The zero-order valence-corrected chi connectivity index (χ0v) is 16.9. The molecule has 0 aliphatic heterocycles. The van der Waals surface area contributed by atoms with Crippen molar-refractivity contribution in [2.75, 3.05) is 17.7 Å². The molecule has 0 bridgehead atoms. The largest absolute Gasteiger partial charge is 0.456 e. The number of sulfone groups is 1. The van der Waals surface area contributed by atoms with Crippen LogP contribution in [0.15, 0.2) is 28.5 Å². The summed E-state index contributed by atoms with van der Waals surface area (Å²) in [5, 5.41) is 13.2. The van der Waals surface area contributed by atoms with Crippen LogP contribution in [0.3, 0.4) is 0 Å². The summed E-state index contributed by atoms with van der Waals surface area (Å²) in [5.41, 5.74) is -0.447. The van der Waals surface area contributed by atoms with Crippen LogP contribution in [0.1, 0.15) is 29.9 Å². The van der Waals surface area contributed by atoms with Crippen molar-refractivity contribution in [3.8, 4) is 0 Å². The molecule has 1 heterocycles. The molecule has 2 rings (SSSR count). The van der Waals surface area contributed by atoms with E-state index in [9.17, 15) is 28.1 Å². The van der Waals surface area contributed by atoms with Crippen LogP contribution in [0, 0.1) is 10.1 Å². The van der Waals surface area contributed by atoms with Crippen LogP contribution in [0.4, 0.5) is 10.8 Å². The molecule has 1 amide bonds. The lowest BCUT2D eigenvalue weighted by Gasteiger charge is -2.14. The van der Waals surface area contributed by atoms with E-state index >= 15 is 0 Å². The molecule has 2 aromatic rings. The molecule has 0 unspecified atom stereocenters. The number of anilines is 1. The third-order valence-electron chi connectivity index (χ3n) is 3.61. The second-order valence-electron chi connectivity index (χ2n) is 5.67. The molecule has 0 N–H and O–H groups in total. The van der Waals surface area contributed by atoms with Gasteiger partial charge in [-0.15, -0.1) is 11.3 Å². The van der Waals surface area contributed by atoms with Crippen LogP contribution >= 0.6 is 11.3 Å². The number of nitrogens with zero attached hydrogens (tertiary/aromatic N) is 3. The van der Waals surface area contributed by atoms with Gasteiger partial charge in [0.15, 0.2) is 15.0 Å². The van der Waals surface area contributed by atoms with Gasteiger partial charge in [-0.2, -0.15) is 0 Å². The van der Waals surface area contributed by atoms with Crippen LogP contribution in [0.25, 0.3) is 0 Å². The topological polar surface area (TPSA) is 137 Å². The van der Waals surface area contributed by atoms with Crippen LogP contribution in [0.2, 0.25) is 0 Å². The highest BCUT2D eigenvalue weighted by atomic mass is 32.2. The number of benzene rings is 1. The Bertz CT molecular complexity index is 1030. The van der Waals surface area contributed by atoms with Crippen molar-refractivity contribution >= 4 is 43.9 Å². The van der Waals surface area contributed by atoms with Gasteiger partial charge < -0.3 is 4.74 Å². The number of nitro groups is 1. The molecule has 0 saturated carbocycles. The summed E-state index contributed by atoms with van der Waals surface area (Å²) in [7, 11) is -3.83. The van der Waals surface area contributed by atoms with Gasteiger partial charge in [0.25, 0.3) is 5.69 Å². The lowest BCUT2D eigenvalue weighted by atomic mass is 10.2. The average molecular weight is 427 g/mol. The maximum atomic E-state index is 12.2. The first-order valence-corrected chi connectivity index (χ1v) is 10.7. The maximum Gasteiger partial charge on any atom is 0.338 e. The summed E-state index contributed by atoms with van der Waals surface area (Å²) in [6.45, 7) is 3.46. The number of thiazole rings is 1. The van der Waals surface area contributed by atoms with Gasteiger partial charge in [-0.3, -0.25) is 19.8 Å². The van der Waals surface area contributed by atoms with Gasteiger partial charge in [0.2, 0.25) is 5.91 Å². The average Bonchev–Trinajstić information content (AvgIpc) is 3.07. The van der Waals surface area contributed by atoms with Crippen molar-refractivity contribution in [3.05, 3.63) is 45.0 Å². The molecule has 150 valence electrons. The minimum absolute atomic E-state index is 0.159. The van der Waals surface area contributed by atoms with E-state index in [1.54, 1.807) is 12.3 Å². The first kappa shape index (κ1) is 21.4. The standard InChI is InChI=1S/C16H17N3O7S2/c1-4-18(10(2)20)16-17-12(9-27-16)8-26-15(21)11-5-6-14(28(3,24)25)13(7-11)19(22)23/h5-7,9H,4,8H2,1-3H3. The number of carbonyl (C=O) groups excluding carboxylic acids is 2. The zero-order chi connectivity index (χ0) is 21.1. The first-order valence-electron chi connectivity index (χ1n) is 7.92. The summed E-state index contributed by atoms with van der Waals surface area (Å²) in [6.07, 6.45) is 0.841. The molecule has 1 aromatic carbocycles. The number of amides is 1. The molecule has 1 aromatic heterocycles. The third-order valence-corrected chi connectivity index (χ3v) is 5.67. The molecule has 0 spiro atoms. The van der Waals surface area contributed by atoms with Gasteiger partial charge in [0.05, 0.1) is 16.2 Å². The molecule has 0 aliphatic rings. The molecule has 0 aliphatic carbocycles. The number of carbonyl (C=O) groups is 2. The Labute approximate surface area is 164 Å². The highest BCUT2D eigenvalue weighted by molar-refractivity contribution is 7.90. The Kier molecular flexibility index (Phi) is 6.46. The minimum Gasteiger partial charge on any atom is -0.456 e. The molecule has 0 atom stereocenters. The molecule has 10 nitrogen and oxygen atoms in total. The number of esters is 1. The van der Waals surface area contributed by atoms with Gasteiger partial charge in [-0.1, -0.05) is 0 Å². The molecule has 12 heteroatoms. The van der Waals surface area contributed by atoms with Crippen molar-refractivity contribution in [1.82, 2.24) is 4.98 Å². The predicted octanol–water partition coefficient (Wildman–Crippen LogP) is 2.18. The van der Waals surface area contributed by atoms with E-state index in [0.29, 0.717) is 17.4 Å². The number of aromatic nitrogens is 1. The Morgan fingerprint density at radius 1 is 1.36 bits per heavy atom. The van der Waals surface area contributed by atoms with Gasteiger partial charge >= 0.3 is 5.97 Å². The number of ether oxygens (including phenoxy) is 1. The lowest BCUT2D eigenvalue weighted by molar-refractivity contribution is -0.387. The summed E-state index contributed by atoms with van der Waals surface area (Å²) in [6, 6.07) is 3.00. The Hall–Kier alpha value is -2.86. The Balaban J connectivity index is 2.16. The van der Waals surface area contributed by atoms with Crippen molar-refractivity contribution in [1.29, 1.82) is 0 Å². The fourth-order valence-electron chi connectivity index (χ4n) is 2.30. The fourth-order valence-corrected chi connectivity index (χ4v) is 4.05. The predicted molar refractivity (Wildman–Crippen MR) is 101 cm³/mol. The van der Waals surface area contributed by atoms with Crippen molar-refractivity contribution in [3.63, 3.8) is 0 Å². The van der Waals surface area contributed by atoms with Crippen molar-refractivity contribution in [2.24, 2.45) is 0 Å². The molecular formula is C16H17N3O7S2. The van der Waals surface area contributed by atoms with Crippen LogP contribution in [-0.2, 0) is 26.0 Å². The summed E-state index contributed by atoms with van der Waals surface area (Å²) >= 11 is 1.22. The third kappa shape index (κ3) is 4.89. The van der Waals surface area contributed by atoms with E-state index in [2.05, 4.69) is 4.98 Å². The summed E-state index contributed by atoms with van der Waals surface area (Å²) in [5.74, 6) is -1.03. The van der Waals surface area contributed by atoms with E-state index in [-0.39, 0.29) is 18.1 Å². The fraction of sp³-hybridized carbons (Fsp3) is 0.312. The summed E-state index contributed by atoms with van der Waals surface area (Å²) in [4.78, 5) is 39.1. The van der Waals surface area contributed by atoms with E-state index in [1.807, 2.05) is 0 Å². The van der Waals surface area contributed by atoms with Crippen molar-refractivity contribution < 1.29 is 27.7 Å². The van der Waals surface area contributed by atoms with E-state index < -0.39 is 31.3 Å². The smallest absolute Gasteiger partial charge is 0.338 e. The maximum absolute atomic E-state index is 12.2. The molecule has 28 heavy (non-hydrogen) atoms. The lowest BCUT2D eigenvalue weighted by Crippen LogP contribution is -2.27. The SMILES string of the molecule is CCN(C(C)=O)c1nc(COC(=O)c2ccc(S(C)(=O)=O)c([N+](=O)[O-])c2)cs1. The second-order valence-corrected chi connectivity index (χ2v) is 8.49. The van der Waals surface area contributed by atoms with Crippen LogP contribution in [0.5, 0.6) is 0 Å². The normalized spacial score (nSPS) is 11.1. The van der Waals surface area contributed by atoms with Crippen LogP contribution < -0.4 is 4.90 Å². The van der Waals surface area contributed by atoms with Gasteiger partial charge in [-0.25, -0.2) is 18.2 Å². The molecule has 0 radical (unpaired) electrons. The molecule has 0 saturated heterocycles. The highest BCUT2D eigenvalue weighted by Gasteiger charge is 2.24. The number of rotatable bonds is 7. The monoisotopic (exact) mass is 427 g/mol. The number of nitro benzene ring substituents is 1. The summed E-state index contributed by atoms with van der Waals surface area (Å²) < 4.78 is 28.3. The molecular weight excluding hydrogens is 410 g/mol. The van der Waals surface area contributed by atoms with Crippen molar-refractivity contribution in [2.45, 2.75) is 25.3 Å². The minimum atomic E-state index is -3.83. The quantitative estimate of drug-likeness (QED) is 0.372. The van der Waals surface area contributed by atoms with Gasteiger partial charge in [0.1, 0.15) is 11.5 Å².